The zero-order chi connectivity index (χ0) is 30.2. The van der Waals surface area contributed by atoms with Gasteiger partial charge in [0.2, 0.25) is 0 Å². The number of methoxy groups -OCH3 is 1. The van der Waals surface area contributed by atoms with E-state index in [1.165, 1.54) is 15.9 Å². The van der Waals surface area contributed by atoms with Crippen LogP contribution in [0.15, 0.2) is 94.4 Å². The first kappa shape index (κ1) is 28.4. The molecule has 1 amide bonds. The third-order valence-electron chi connectivity index (χ3n) is 7.75. The molecule has 0 N–H and O–H groups in total. The second-order valence-corrected chi connectivity index (χ2v) is 11.2. The fourth-order valence-electron chi connectivity index (χ4n) is 5.99. The van der Waals surface area contributed by atoms with E-state index in [1.807, 2.05) is 67.6 Å². The number of carbonyl (C=O) groups is 2. The van der Waals surface area contributed by atoms with Crippen molar-refractivity contribution in [2.45, 2.75) is 32.7 Å². The second kappa shape index (κ2) is 11.5. The highest BCUT2D eigenvalue weighted by Gasteiger charge is 2.39. The van der Waals surface area contributed by atoms with Crippen molar-refractivity contribution in [3.8, 4) is 5.75 Å². The first-order valence-corrected chi connectivity index (χ1v) is 15.1. The largest absolute Gasteiger partial charge is 0.496 e. The summed E-state index contributed by atoms with van der Waals surface area (Å²) < 4.78 is 13.2. The molecule has 1 aromatic heterocycles. The number of hydrogen-bond acceptors (Lipinski definition) is 7. The van der Waals surface area contributed by atoms with E-state index >= 15 is 0 Å². The number of para-hydroxylation sites is 1. The van der Waals surface area contributed by atoms with E-state index in [9.17, 15) is 14.4 Å². The Morgan fingerprint density at radius 3 is 2.58 bits per heavy atom. The van der Waals surface area contributed by atoms with E-state index in [4.69, 9.17) is 14.5 Å². The molecule has 2 aliphatic rings. The number of esters is 1. The van der Waals surface area contributed by atoms with Crippen LogP contribution in [0.5, 0.6) is 5.75 Å². The molecule has 3 heterocycles. The summed E-state index contributed by atoms with van der Waals surface area (Å²) in [6, 6.07) is 18.1. The molecule has 4 aromatic rings. The molecule has 6 rings (SSSR count). The third kappa shape index (κ3) is 4.51. The number of anilines is 1. The molecule has 3 aromatic carbocycles. The molecule has 8 nitrogen and oxygen atoms in total. The number of thiazole rings is 1. The van der Waals surface area contributed by atoms with Crippen molar-refractivity contribution in [3.63, 3.8) is 0 Å². The lowest BCUT2D eigenvalue weighted by molar-refractivity contribution is -0.139. The van der Waals surface area contributed by atoms with E-state index < -0.39 is 17.6 Å². The Labute approximate surface area is 252 Å². The van der Waals surface area contributed by atoms with E-state index in [0.29, 0.717) is 51.5 Å². The molecule has 0 radical (unpaired) electrons. The maximum absolute atomic E-state index is 14.6. The van der Waals surface area contributed by atoms with Crippen LogP contribution in [-0.4, -0.2) is 36.7 Å². The standard InChI is InChI=1S/C34H31N3O5S/c1-5-12-23-28(33(40)42-7-3)29(26-21-14-9-8-13-20(21)17-18-25(26)41-4)37-32(39)30(43-34(37)35-23)27-22-15-10-11-16-24(22)36(19-6-2)31(27)38/h6,8-11,13-18,29H,2,5,7,12,19H2,1,3-4H3/b30-27+/t29-/m0/s1. The number of rotatable bonds is 8. The Hall–Kier alpha value is -4.76. The van der Waals surface area contributed by atoms with E-state index in [1.54, 1.807) is 25.0 Å². The van der Waals surface area contributed by atoms with Crippen molar-refractivity contribution in [1.82, 2.24) is 4.57 Å². The van der Waals surface area contributed by atoms with Crippen LogP contribution in [0.2, 0.25) is 0 Å². The fraction of sp³-hybridized carbons (Fsp3) is 0.235. The summed E-state index contributed by atoms with van der Waals surface area (Å²) in [6.45, 7) is 8.04. The highest BCUT2D eigenvalue weighted by atomic mass is 32.1. The molecule has 1 atom stereocenters. The van der Waals surface area contributed by atoms with Gasteiger partial charge in [0, 0.05) is 17.7 Å². The molecule has 2 aliphatic heterocycles. The lowest BCUT2D eigenvalue weighted by Crippen LogP contribution is -2.41. The SMILES string of the molecule is C=CCN1C(=O)/C(=c2/sc3n(c2=O)[C@@H](c2c(OC)ccc4ccccc24)C(C(=O)OCC)=C(CCC)N=3)c2ccccc21. The molecule has 0 unspecified atom stereocenters. The Morgan fingerprint density at radius 2 is 1.84 bits per heavy atom. The van der Waals surface area contributed by atoms with Crippen LogP contribution in [0.3, 0.4) is 0 Å². The lowest BCUT2D eigenvalue weighted by atomic mass is 9.90. The maximum atomic E-state index is 14.6. The molecule has 218 valence electrons. The zero-order valence-corrected chi connectivity index (χ0v) is 25.1. The van der Waals surface area contributed by atoms with Crippen LogP contribution < -0.4 is 24.5 Å². The number of hydrogen-bond donors (Lipinski definition) is 0. The molecule has 9 heteroatoms. The molecule has 0 fully saturated rings. The number of allylic oxidation sites excluding steroid dienone is 1. The minimum absolute atomic E-state index is 0.167. The van der Waals surface area contributed by atoms with Crippen molar-refractivity contribution in [2.75, 3.05) is 25.2 Å². The van der Waals surface area contributed by atoms with Gasteiger partial charge in [0.05, 0.1) is 36.2 Å². The lowest BCUT2D eigenvalue weighted by Gasteiger charge is -2.28. The van der Waals surface area contributed by atoms with Crippen LogP contribution in [0.4, 0.5) is 5.69 Å². The van der Waals surface area contributed by atoms with Gasteiger partial charge in [0.1, 0.15) is 16.3 Å². The number of ether oxygens (including phenoxy) is 2. The normalized spacial score (nSPS) is 17.0. The van der Waals surface area contributed by atoms with Gasteiger partial charge in [0.25, 0.3) is 11.5 Å². The summed E-state index contributed by atoms with van der Waals surface area (Å²) in [5.74, 6) is -0.280. The molecule has 0 saturated carbocycles. The van der Waals surface area contributed by atoms with Gasteiger partial charge in [-0.25, -0.2) is 9.79 Å². The van der Waals surface area contributed by atoms with Crippen molar-refractivity contribution in [1.29, 1.82) is 0 Å². The molecule has 43 heavy (non-hydrogen) atoms. The molecule has 0 saturated heterocycles. The fourth-order valence-corrected chi connectivity index (χ4v) is 7.10. The van der Waals surface area contributed by atoms with Crippen LogP contribution in [0.1, 0.15) is 43.9 Å². The smallest absolute Gasteiger partial charge is 0.338 e. The highest BCUT2D eigenvalue weighted by molar-refractivity contribution is 7.07. The summed E-state index contributed by atoms with van der Waals surface area (Å²) in [5, 5.41) is 1.77. The Kier molecular flexibility index (Phi) is 7.58. The van der Waals surface area contributed by atoms with Crippen molar-refractivity contribution in [3.05, 3.63) is 115 Å². The van der Waals surface area contributed by atoms with Crippen LogP contribution in [0, 0.1) is 0 Å². The van der Waals surface area contributed by atoms with Crippen molar-refractivity contribution >= 4 is 45.2 Å². The quantitative estimate of drug-likeness (QED) is 0.219. The monoisotopic (exact) mass is 593 g/mol. The number of nitrogens with zero attached hydrogens (tertiary/aromatic N) is 3. The maximum Gasteiger partial charge on any atom is 0.338 e. The van der Waals surface area contributed by atoms with Crippen LogP contribution in [-0.2, 0) is 14.3 Å². The summed E-state index contributed by atoms with van der Waals surface area (Å²) in [6.07, 6.45) is 2.89. The van der Waals surface area contributed by atoms with Gasteiger partial charge < -0.3 is 14.4 Å². The van der Waals surface area contributed by atoms with Gasteiger partial charge in [-0.15, -0.1) is 6.58 Å². The van der Waals surface area contributed by atoms with E-state index in [-0.39, 0.29) is 17.0 Å². The molecule has 0 spiro atoms. The molecular weight excluding hydrogens is 562 g/mol. The van der Waals surface area contributed by atoms with Crippen molar-refractivity contribution in [2.24, 2.45) is 4.99 Å². The topological polar surface area (TPSA) is 90.2 Å². The summed E-state index contributed by atoms with van der Waals surface area (Å²) in [4.78, 5) is 49.1. The summed E-state index contributed by atoms with van der Waals surface area (Å²) in [7, 11) is 1.57. The van der Waals surface area contributed by atoms with E-state index in [0.717, 1.165) is 22.9 Å². The number of amides is 1. The third-order valence-corrected chi connectivity index (χ3v) is 8.81. The minimum Gasteiger partial charge on any atom is -0.496 e. The number of aromatic nitrogens is 1. The predicted octanol–water partition coefficient (Wildman–Crippen LogP) is 4.64. The van der Waals surface area contributed by atoms with Gasteiger partial charge >= 0.3 is 5.97 Å². The van der Waals surface area contributed by atoms with Gasteiger partial charge in [-0.1, -0.05) is 79.3 Å². The van der Waals surface area contributed by atoms with E-state index in [2.05, 4.69) is 6.58 Å². The average molecular weight is 594 g/mol. The minimum atomic E-state index is -0.886. The average Bonchev–Trinajstić information content (AvgIpc) is 3.48. The number of carbonyl (C=O) groups excluding carboxylic acids is 2. The van der Waals surface area contributed by atoms with Gasteiger partial charge in [0.15, 0.2) is 4.80 Å². The summed E-state index contributed by atoms with van der Waals surface area (Å²) >= 11 is 1.17. The second-order valence-electron chi connectivity index (χ2n) is 10.2. The molecule has 0 bridgehead atoms. The summed E-state index contributed by atoms with van der Waals surface area (Å²) in [5.41, 5.74) is 2.84. The molecule has 0 aliphatic carbocycles. The van der Waals surface area contributed by atoms with Gasteiger partial charge in [-0.3, -0.25) is 14.2 Å². The predicted molar refractivity (Wildman–Crippen MR) is 168 cm³/mol. The first-order valence-electron chi connectivity index (χ1n) is 14.3. The number of benzene rings is 3. The van der Waals surface area contributed by atoms with Crippen LogP contribution in [0.25, 0.3) is 16.3 Å². The van der Waals surface area contributed by atoms with Crippen molar-refractivity contribution < 1.29 is 19.1 Å². The Bertz CT molecular complexity index is 2020. The van der Waals surface area contributed by atoms with Gasteiger partial charge in [-0.05, 0) is 36.2 Å². The van der Waals surface area contributed by atoms with Crippen LogP contribution >= 0.6 is 11.3 Å². The zero-order valence-electron chi connectivity index (χ0n) is 24.3. The first-order chi connectivity index (χ1) is 20.9. The highest BCUT2D eigenvalue weighted by Crippen LogP contribution is 2.41. The Balaban J connectivity index is 1.75. The molecular formula is C34H31N3O5S. The number of fused-ring (bicyclic) bond motifs is 3. The Morgan fingerprint density at radius 1 is 1.07 bits per heavy atom. The van der Waals surface area contributed by atoms with Gasteiger partial charge in [-0.2, -0.15) is 0 Å².